The third-order valence-electron chi connectivity index (χ3n) is 6.23. The summed E-state index contributed by atoms with van der Waals surface area (Å²) in [7, 11) is 1.47. The largest absolute Gasteiger partial charge is 0.507 e. The van der Waals surface area contributed by atoms with Gasteiger partial charge in [0.1, 0.15) is 17.1 Å². The van der Waals surface area contributed by atoms with E-state index < -0.39 is 6.04 Å². The van der Waals surface area contributed by atoms with Crippen LogP contribution in [0.4, 0.5) is 0 Å². The number of phenols is 2. The second kappa shape index (κ2) is 8.74. The van der Waals surface area contributed by atoms with Crippen molar-refractivity contribution in [3.05, 3.63) is 86.8 Å². The highest BCUT2D eigenvalue weighted by Crippen LogP contribution is 2.48. The molecule has 0 fully saturated rings. The van der Waals surface area contributed by atoms with Crippen LogP contribution in [0, 0.1) is 13.8 Å². The molecule has 1 unspecified atom stereocenters. The number of hydrogen-bond donors (Lipinski definition) is 3. The molecule has 1 amide bonds. The summed E-state index contributed by atoms with van der Waals surface area (Å²) in [5.74, 6) is 0.140. The molecular weight excluding hydrogens is 512 g/mol. The Morgan fingerprint density at radius 2 is 1.97 bits per heavy atom. The number of halogens is 1. The lowest BCUT2D eigenvalue weighted by molar-refractivity contribution is 0.0729. The molecule has 2 aromatic carbocycles. The van der Waals surface area contributed by atoms with E-state index in [4.69, 9.17) is 4.74 Å². The van der Waals surface area contributed by atoms with Crippen molar-refractivity contribution in [3.63, 3.8) is 0 Å². The molecule has 0 aliphatic carbocycles. The van der Waals surface area contributed by atoms with Gasteiger partial charge in [0.2, 0.25) is 0 Å². The average molecular weight is 535 g/mol. The summed E-state index contributed by atoms with van der Waals surface area (Å²) >= 11 is 3.40. The van der Waals surface area contributed by atoms with Crippen LogP contribution in [-0.2, 0) is 6.54 Å². The van der Waals surface area contributed by atoms with Crippen molar-refractivity contribution in [2.45, 2.75) is 26.4 Å². The zero-order valence-electron chi connectivity index (χ0n) is 19.3. The van der Waals surface area contributed by atoms with Gasteiger partial charge in [-0.1, -0.05) is 12.1 Å². The van der Waals surface area contributed by atoms with Crippen LogP contribution in [0.5, 0.6) is 17.2 Å². The van der Waals surface area contributed by atoms with Crippen LogP contribution in [0.2, 0.25) is 0 Å². The highest BCUT2D eigenvalue weighted by atomic mass is 79.9. The fourth-order valence-electron chi connectivity index (χ4n) is 4.65. The topological polar surface area (TPSA) is 112 Å². The van der Waals surface area contributed by atoms with Gasteiger partial charge in [0.05, 0.1) is 17.6 Å². The summed E-state index contributed by atoms with van der Waals surface area (Å²) in [6.07, 6.45) is 3.40. The molecule has 0 bridgehead atoms. The number of amides is 1. The Morgan fingerprint density at radius 1 is 1.17 bits per heavy atom. The number of phenolic OH excluding ortho intramolecular Hbond substituents is 2. The number of nitrogens with one attached hydrogen (secondary N) is 1. The quantitative estimate of drug-likeness (QED) is 0.331. The number of nitrogens with zero attached hydrogens (tertiary/aromatic N) is 3. The number of hydrogen-bond acceptors (Lipinski definition) is 6. The average Bonchev–Trinajstić information content (AvgIpc) is 3.38. The molecule has 2 aromatic heterocycles. The number of carbonyl (C=O) groups excluding carboxylic acids is 1. The highest BCUT2D eigenvalue weighted by Gasteiger charge is 2.43. The summed E-state index contributed by atoms with van der Waals surface area (Å²) in [6, 6.07) is 10.4. The zero-order chi connectivity index (χ0) is 24.9. The van der Waals surface area contributed by atoms with Crippen LogP contribution < -0.4 is 4.74 Å². The third kappa shape index (κ3) is 3.81. The number of aromatic nitrogens is 3. The summed E-state index contributed by atoms with van der Waals surface area (Å²) in [4.78, 5) is 19.5. The number of fused-ring (bicyclic) bond motifs is 1. The lowest BCUT2D eigenvalue weighted by Crippen LogP contribution is -2.29. The van der Waals surface area contributed by atoms with Crippen LogP contribution in [0.25, 0.3) is 11.3 Å². The molecule has 8 nitrogen and oxygen atoms in total. The van der Waals surface area contributed by atoms with Gasteiger partial charge in [-0.25, -0.2) is 0 Å². The molecule has 1 atom stereocenters. The van der Waals surface area contributed by atoms with E-state index in [1.54, 1.807) is 29.4 Å². The lowest BCUT2D eigenvalue weighted by atomic mass is 9.93. The van der Waals surface area contributed by atoms with Gasteiger partial charge in [-0.05, 0) is 76.3 Å². The van der Waals surface area contributed by atoms with Gasteiger partial charge in [-0.3, -0.25) is 14.9 Å². The first kappa shape index (κ1) is 22.9. The minimum atomic E-state index is -0.558. The molecule has 0 radical (unpaired) electrons. The Morgan fingerprint density at radius 3 is 2.69 bits per heavy atom. The number of aromatic amines is 1. The van der Waals surface area contributed by atoms with Gasteiger partial charge in [0.25, 0.3) is 5.91 Å². The van der Waals surface area contributed by atoms with Crippen molar-refractivity contribution in [2.75, 3.05) is 7.11 Å². The van der Waals surface area contributed by atoms with E-state index in [9.17, 15) is 15.0 Å². The van der Waals surface area contributed by atoms with Crippen LogP contribution in [-0.4, -0.2) is 43.3 Å². The molecule has 0 spiro atoms. The predicted molar refractivity (Wildman–Crippen MR) is 133 cm³/mol. The van der Waals surface area contributed by atoms with E-state index in [1.807, 2.05) is 38.1 Å². The summed E-state index contributed by atoms with van der Waals surface area (Å²) in [5, 5.41) is 28.7. The van der Waals surface area contributed by atoms with E-state index in [1.165, 1.54) is 7.11 Å². The van der Waals surface area contributed by atoms with Crippen molar-refractivity contribution in [1.82, 2.24) is 20.1 Å². The van der Waals surface area contributed by atoms with Crippen LogP contribution in [0.1, 0.15) is 44.3 Å². The fourth-order valence-corrected chi connectivity index (χ4v) is 5.11. The number of rotatable bonds is 5. The molecule has 35 heavy (non-hydrogen) atoms. The monoisotopic (exact) mass is 534 g/mol. The molecule has 5 rings (SSSR count). The summed E-state index contributed by atoms with van der Waals surface area (Å²) in [5.41, 5.74) is 5.33. The molecule has 178 valence electrons. The Bertz CT molecular complexity index is 1450. The normalized spacial score (nSPS) is 14.9. The van der Waals surface area contributed by atoms with E-state index in [0.717, 1.165) is 16.7 Å². The molecular formula is C26H23BrN4O4. The Kier molecular flexibility index (Phi) is 5.72. The van der Waals surface area contributed by atoms with Crippen LogP contribution in [0.3, 0.4) is 0 Å². The minimum absolute atomic E-state index is 0.0287. The third-order valence-corrected chi connectivity index (χ3v) is 6.83. The van der Waals surface area contributed by atoms with Gasteiger partial charge < -0.3 is 19.8 Å². The summed E-state index contributed by atoms with van der Waals surface area (Å²) in [6.45, 7) is 4.08. The van der Waals surface area contributed by atoms with Gasteiger partial charge in [0.15, 0.2) is 11.5 Å². The van der Waals surface area contributed by atoms with Gasteiger partial charge in [0, 0.05) is 30.1 Å². The molecule has 0 saturated heterocycles. The van der Waals surface area contributed by atoms with Crippen molar-refractivity contribution < 1.29 is 19.7 Å². The molecule has 3 heterocycles. The zero-order valence-corrected chi connectivity index (χ0v) is 20.9. The first-order valence-electron chi connectivity index (χ1n) is 10.9. The molecule has 1 aliphatic heterocycles. The number of H-pyrrole nitrogens is 1. The Labute approximate surface area is 210 Å². The fraction of sp³-hybridized carbons (Fsp3) is 0.192. The Hall–Kier alpha value is -3.85. The predicted octanol–water partition coefficient (Wildman–Crippen LogP) is 5.02. The lowest BCUT2D eigenvalue weighted by Gasteiger charge is -2.27. The second-order valence-corrected chi connectivity index (χ2v) is 9.44. The molecule has 9 heteroatoms. The number of aryl methyl sites for hydroxylation is 2. The van der Waals surface area contributed by atoms with E-state index in [-0.39, 0.29) is 23.2 Å². The Balaban J connectivity index is 1.74. The van der Waals surface area contributed by atoms with Crippen LogP contribution >= 0.6 is 15.9 Å². The maximum atomic E-state index is 13.6. The number of aromatic hydroxyl groups is 2. The number of benzene rings is 2. The van der Waals surface area contributed by atoms with E-state index >= 15 is 0 Å². The standard InChI is InChI=1S/C26H23BrN4O4/c1-13-7-14(2)24(32)17(8-13)21-20-22(30-29-21)26(34)31(12-15-5-4-6-28-11-15)23(20)16-9-18(27)25(33)19(10-16)35-3/h4-11,23,32-33H,12H2,1-3H3,(H,29,30). The van der Waals surface area contributed by atoms with Crippen molar-refractivity contribution in [2.24, 2.45) is 0 Å². The van der Waals surface area contributed by atoms with Gasteiger partial charge >= 0.3 is 0 Å². The maximum absolute atomic E-state index is 13.6. The first-order valence-corrected chi connectivity index (χ1v) is 11.7. The number of methoxy groups -OCH3 is 1. The highest BCUT2D eigenvalue weighted by molar-refractivity contribution is 9.10. The minimum Gasteiger partial charge on any atom is -0.507 e. The van der Waals surface area contributed by atoms with E-state index in [0.29, 0.717) is 39.1 Å². The molecule has 0 saturated carbocycles. The van der Waals surface area contributed by atoms with Gasteiger partial charge in [-0.15, -0.1) is 0 Å². The van der Waals surface area contributed by atoms with Crippen molar-refractivity contribution >= 4 is 21.8 Å². The van der Waals surface area contributed by atoms with Crippen LogP contribution in [0.15, 0.2) is 53.3 Å². The smallest absolute Gasteiger partial charge is 0.273 e. The summed E-state index contributed by atoms with van der Waals surface area (Å²) < 4.78 is 5.82. The number of carbonyl (C=O) groups is 1. The van der Waals surface area contributed by atoms with E-state index in [2.05, 4.69) is 31.1 Å². The van der Waals surface area contributed by atoms with Gasteiger partial charge in [-0.2, -0.15) is 5.10 Å². The van der Waals surface area contributed by atoms with Crippen molar-refractivity contribution in [1.29, 1.82) is 0 Å². The molecule has 3 N–H and O–H groups in total. The molecule has 1 aliphatic rings. The van der Waals surface area contributed by atoms with Crippen molar-refractivity contribution in [3.8, 4) is 28.5 Å². The molecule has 4 aromatic rings. The number of ether oxygens (including phenoxy) is 1. The number of pyridine rings is 1. The second-order valence-electron chi connectivity index (χ2n) is 8.59. The maximum Gasteiger partial charge on any atom is 0.273 e. The SMILES string of the molecule is COc1cc(C2c3c(-c4cc(C)cc(C)c4O)n[nH]c3C(=O)N2Cc2cccnc2)cc(Br)c1O. The first-order chi connectivity index (χ1) is 16.8.